The molecule has 2 aliphatic rings. The molecule has 150 valence electrons. The monoisotopic (exact) mass is 389 g/mol. The van der Waals surface area contributed by atoms with Crippen LogP contribution < -0.4 is 10.1 Å². The number of para-hydroxylation sites is 1. The molecule has 0 saturated heterocycles. The Morgan fingerprint density at radius 1 is 1.10 bits per heavy atom. The summed E-state index contributed by atoms with van der Waals surface area (Å²) in [5.41, 5.74) is 4.68. The van der Waals surface area contributed by atoms with Crippen LogP contribution in [0, 0.1) is 0 Å². The van der Waals surface area contributed by atoms with Crippen LogP contribution in [0.3, 0.4) is 0 Å². The van der Waals surface area contributed by atoms with Crippen LogP contribution in [0.1, 0.15) is 48.5 Å². The van der Waals surface area contributed by atoms with Gasteiger partial charge in [0.1, 0.15) is 5.75 Å². The summed E-state index contributed by atoms with van der Waals surface area (Å²) in [5.74, 6) is 0.823. The smallest absolute Gasteiger partial charge is 0.318 e. The average Bonchev–Trinajstić information content (AvgIpc) is 3.40. The number of benzene rings is 2. The summed E-state index contributed by atoms with van der Waals surface area (Å²) in [6.07, 6.45) is 5.46. The number of aromatic nitrogens is 1. The summed E-state index contributed by atoms with van der Waals surface area (Å²) in [5, 5.41) is 4.54. The minimum Gasteiger partial charge on any atom is -0.497 e. The van der Waals surface area contributed by atoms with Crippen LogP contribution in [0.4, 0.5) is 4.79 Å². The normalized spacial score (nSPS) is 19.3. The maximum absolute atomic E-state index is 13.3. The first kappa shape index (κ1) is 18.1. The third kappa shape index (κ3) is 3.24. The zero-order valence-corrected chi connectivity index (χ0v) is 16.8. The molecule has 29 heavy (non-hydrogen) atoms. The molecular formula is C24H27N3O2. The Bertz CT molecular complexity index is 1020. The van der Waals surface area contributed by atoms with E-state index in [9.17, 15) is 4.79 Å². The fraction of sp³-hybridized carbons (Fsp3) is 0.375. The third-order valence-corrected chi connectivity index (χ3v) is 6.41. The van der Waals surface area contributed by atoms with Gasteiger partial charge in [-0.3, -0.25) is 0 Å². The highest BCUT2D eigenvalue weighted by Crippen LogP contribution is 2.39. The molecule has 0 spiro atoms. The first-order chi connectivity index (χ1) is 14.2. The van der Waals surface area contributed by atoms with E-state index < -0.39 is 0 Å². The lowest BCUT2D eigenvalue weighted by Gasteiger charge is -2.37. The third-order valence-electron chi connectivity index (χ3n) is 6.41. The predicted molar refractivity (Wildman–Crippen MR) is 114 cm³/mol. The first-order valence-corrected chi connectivity index (χ1v) is 10.5. The van der Waals surface area contributed by atoms with E-state index in [2.05, 4.69) is 46.7 Å². The Balaban J connectivity index is 1.55. The Morgan fingerprint density at radius 2 is 1.86 bits per heavy atom. The van der Waals surface area contributed by atoms with Crippen molar-refractivity contribution in [3.05, 3.63) is 65.4 Å². The molecule has 1 aliphatic carbocycles. The van der Waals surface area contributed by atoms with Crippen molar-refractivity contribution in [2.75, 3.05) is 13.7 Å². The quantitative estimate of drug-likeness (QED) is 0.677. The molecule has 0 bridgehead atoms. The molecular weight excluding hydrogens is 362 g/mol. The van der Waals surface area contributed by atoms with E-state index in [1.807, 2.05) is 17.0 Å². The lowest BCUT2D eigenvalue weighted by Crippen LogP contribution is -2.48. The van der Waals surface area contributed by atoms with E-state index in [0.29, 0.717) is 12.6 Å². The summed E-state index contributed by atoms with van der Waals surface area (Å²) in [7, 11) is 1.67. The number of nitrogens with zero attached hydrogens (tertiary/aromatic N) is 1. The number of carbonyl (C=O) groups is 1. The molecule has 2 amide bonds. The highest BCUT2D eigenvalue weighted by molar-refractivity contribution is 5.86. The van der Waals surface area contributed by atoms with Gasteiger partial charge >= 0.3 is 6.03 Å². The first-order valence-electron chi connectivity index (χ1n) is 10.5. The van der Waals surface area contributed by atoms with Crippen molar-refractivity contribution in [1.82, 2.24) is 15.2 Å². The van der Waals surface area contributed by atoms with Gasteiger partial charge in [0.25, 0.3) is 0 Å². The number of aromatic amines is 1. The van der Waals surface area contributed by atoms with E-state index in [4.69, 9.17) is 4.74 Å². The van der Waals surface area contributed by atoms with Crippen LogP contribution in [0.25, 0.3) is 10.9 Å². The second-order valence-electron chi connectivity index (χ2n) is 8.11. The molecule has 0 unspecified atom stereocenters. The topological polar surface area (TPSA) is 57.4 Å². The number of hydrogen-bond acceptors (Lipinski definition) is 2. The lowest BCUT2D eigenvalue weighted by atomic mass is 9.92. The van der Waals surface area contributed by atoms with Crippen molar-refractivity contribution in [3.8, 4) is 5.75 Å². The van der Waals surface area contributed by atoms with Crippen molar-refractivity contribution < 1.29 is 9.53 Å². The fourth-order valence-electron chi connectivity index (χ4n) is 4.92. The molecule has 0 radical (unpaired) electrons. The lowest BCUT2D eigenvalue weighted by molar-refractivity contribution is 0.175. The van der Waals surface area contributed by atoms with Crippen LogP contribution in [0.5, 0.6) is 5.75 Å². The summed E-state index contributed by atoms with van der Waals surface area (Å²) in [6.45, 7) is 0.712. The molecule has 5 nitrogen and oxygen atoms in total. The number of ether oxygens (including phenoxy) is 1. The molecule has 2 N–H and O–H groups in total. The van der Waals surface area contributed by atoms with Gasteiger partial charge in [-0.25, -0.2) is 4.79 Å². The molecule has 5 heteroatoms. The molecule has 1 aromatic heterocycles. The second-order valence-corrected chi connectivity index (χ2v) is 8.11. The minimum atomic E-state index is -0.126. The van der Waals surface area contributed by atoms with Gasteiger partial charge in [-0.15, -0.1) is 0 Å². The van der Waals surface area contributed by atoms with Crippen molar-refractivity contribution in [2.24, 2.45) is 0 Å². The number of nitrogens with one attached hydrogen (secondary N) is 2. The fourth-order valence-corrected chi connectivity index (χ4v) is 4.92. The molecule has 1 aliphatic heterocycles. The molecule has 2 aromatic carbocycles. The Hall–Kier alpha value is -2.95. The van der Waals surface area contributed by atoms with Gasteiger partial charge in [-0.1, -0.05) is 43.2 Å². The maximum atomic E-state index is 13.3. The van der Waals surface area contributed by atoms with Gasteiger partial charge in [0.2, 0.25) is 0 Å². The van der Waals surface area contributed by atoms with Crippen LogP contribution >= 0.6 is 0 Å². The largest absolute Gasteiger partial charge is 0.497 e. The Kier molecular flexibility index (Phi) is 4.66. The van der Waals surface area contributed by atoms with Gasteiger partial charge in [-0.2, -0.15) is 0 Å². The SMILES string of the molecule is COc1ccc([C@H]2c3[nH]c4ccccc4c3CCN2C(=O)NC2CCCC2)cc1. The molecule has 1 saturated carbocycles. The zero-order valence-electron chi connectivity index (χ0n) is 16.8. The summed E-state index contributed by atoms with van der Waals surface area (Å²) in [6, 6.07) is 16.7. The summed E-state index contributed by atoms with van der Waals surface area (Å²) >= 11 is 0. The number of H-pyrrole nitrogens is 1. The summed E-state index contributed by atoms with van der Waals surface area (Å²) in [4.78, 5) is 18.9. The maximum Gasteiger partial charge on any atom is 0.318 e. The van der Waals surface area contributed by atoms with Gasteiger partial charge in [0.05, 0.1) is 13.2 Å². The van der Waals surface area contributed by atoms with E-state index in [1.165, 1.54) is 23.8 Å². The molecule has 1 atom stereocenters. The van der Waals surface area contributed by atoms with Crippen LogP contribution in [0.2, 0.25) is 0 Å². The average molecular weight is 389 g/mol. The number of rotatable bonds is 3. The van der Waals surface area contributed by atoms with Gasteiger partial charge in [-0.05, 0) is 48.6 Å². The number of hydrogen-bond donors (Lipinski definition) is 2. The summed E-state index contributed by atoms with van der Waals surface area (Å²) < 4.78 is 5.34. The molecule has 1 fully saturated rings. The second kappa shape index (κ2) is 7.47. The number of urea groups is 1. The van der Waals surface area contributed by atoms with E-state index in [-0.39, 0.29) is 12.1 Å². The van der Waals surface area contributed by atoms with Gasteiger partial charge < -0.3 is 19.9 Å². The molecule has 5 rings (SSSR count). The van der Waals surface area contributed by atoms with Crippen molar-refractivity contribution in [1.29, 1.82) is 0 Å². The minimum absolute atomic E-state index is 0.0435. The molecule has 2 heterocycles. The van der Waals surface area contributed by atoms with Crippen LogP contribution in [0.15, 0.2) is 48.5 Å². The van der Waals surface area contributed by atoms with E-state index in [0.717, 1.165) is 41.8 Å². The number of methoxy groups -OCH3 is 1. The highest BCUT2D eigenvalue weighted by Gasteiger charge is 2.35. The van der Waals surface area contributed by atoms with E-state index in [1.54, 1.807) is 7.11 Å². The zero-order chi connectivity index (χ0) is 19.8. The number of fused-ring (bicyclic) bond motifs is 3. The van der Waals surface area contributed by atoms with Crippen molar-refractivity contribution >= 4 is 16.9 Å². The predicted octanol–water partition coefficient (Wildman–Crippen LogP) is 4.78. The highest BCUT2D eigenvalue weighted by atomic mass is 16.5. The van der Waals surface area contributed by atoms with Crippen LogP contribution in [-0.4, -0.2) is 35.6 Å². The standard InChI is InChI=1S/C24H27N3O2/c1-29-18-12-10-16(11-13-18)23-22-20(19-8-4-5-9-21(19)26-22)14-15-27(23)24(28)25-17-6-2-3-7-17/h4-5,8-13,17,23,26H,2-3,6-7,14-15H2,1H3,(H,25,28)/t23-/m0/s1. The van der Waals surface area contributed by atoms with Gasteiger partial charge in [0.15, 0.2) is 0 Å². The van der Waals surface area contributed by atoms with Crippen molar-refractivity contribution in [2.45, 2.75) is 44.2 Å². The Morgan fingerprint density at radius 3 is 2.62 bits per heavy atom. The van der Waals surface area contributed by atoms with E-state index >= 15 is 0 Å². The van der Waals surface area contributed by atoms with Gasteiger partial charge in [0, 0.05) is 29.2 Å². The Labute approximate surface area is 171 Å². The molecule has 3 aromatic rings. The number of amides is 2. The van der Waals surface area contributed by atoms with Crippen LogP contribution in [-0.2, 0) is 6.42 Å². The number of carbonyl (C=O) groups excluding carboxylic acids is 1. The van der Waals surface area contributed by atoms with Crippen molar-refractivity contribution in [3.63, 3.8) is 0 Å².